The van der Waals surface area contributed by atoms with Crippen LogP contribution < -0.4 is 11.5 Å². The summed E-state index contributed by atoms with van der Waals surface area (Å²) >= 11 is 0. The van der Waals surface area contributed by atoms with Crippen LogP contribution in [0.3, 0.4) is 0 Å². The summed E-state index contributed by atoms with van der Waals surface area (Å²) in [5.41, 5.74) is 3.24. The number of carbonyl (C=O) groups excluding carboxylic acids is 2. The van der Waals surface area contributed by atoms with E-state index in [1.807, 2.05) is 54.6 Å². The molecule has 2 rings (SSSR count). The molecule has 0 saturated heterocycles. The van der Waals surface area contributed by atoms with Crippen molar-refractivity contribution >= 4 is 69.2 Å². The Morgan fingerprint density at radius 1 is 0.969 bits per heavy atom. The van der Waals surface area contributed by atoms with E-state index in [1.165, 1.54) is 0 Å². The van der Waals surface area contributed by atoms with Gasteiger partial charge in [0.1, 0.15) is 0 Å². The zero-order valence-electron chi connectivity index (χ0n) is 18.2. The van der Waals surface area contributed by atoms with Crippen LogP contribution in [-0.4, -0.2) is 87.0 Å². The van der Waals surface area contributed by atoms with E-state index in [2.05, 4.69) is 5.32 Å². The van der Waals surface area contributed by atoms with Crippen LogP contribution in [0.2, 0.25) is 0 Å². The summed E-state index contributed by atoms with van der Waals surface area (Å²) in [7, 11) is 0. The van der Waals surface area contributed by atoms with E-state index in [-0.39, 0.29) is 94.2 Å². The average Bonchev–Trinajstić information content (AvgIpc) is 2.73. The summed E-state index contributed by atoms with van der Waals surface area (Å²) < 4.78 is 5.07. The van der Waals surface area contributed by atoms with E-state index >= 15 is 0 Å². The number of carboxylic acids is 1. The summed E-state index contributed by atoms with van der Waals surface area (Å²) in [5.74, 6) is -2.03. The van der Waals surface area contributed by atoms with Gasteiger partial charge in [-0.3, -0.25) is 14.4 Å². The number of nitrogens with one attached hydrogen (secondary N) is 1. The van der Waals surface area contributed by atoms with Gasteiger partial charge in [-0.2, -0.15) is 0 Å². The molecule has 2 atom stereocenters. The molecule has 7 nitrogen and oxygen atoms in total. The Kier molecular flexibility index (Phi) is 15.3. The molecule has 0 aliphatic carbocycles. The molecule has 0 radical (unpaired) electrons. The number of aliphatic carboxylic acids is 1. The number of carboxylic acid groups (broad SMARTS) is 1. The fraction of sp³-hybridized carbons (Fsp3) is 0.375. The van der Waals surface area contributed by atoms with E-state index in [1.54, 1.807) is 13.8 Å². The van der Waals surface area contributed by atoms with Crippen molar-refractivity contribution in [2.45, 2.75) is 45.6 Å². The number of rotatable bonds is 11. The molecule has 2 unspecified atom stereocenters. The van der Waals surface area contributed by atoms with Gasteiger partial charge in [0.05, 0.1) is 18.9 Å². The second-order valence-electron chi connectivity index (χ2n) is 7.31. The normalized spacial score (nSPS) is 11.8. The molecule has 0 aromatic heterocycles. The number of ether oxygens (including phenoxy) is 1. The van der Waals surface area contributed by atoms with Crippen LogP contribution in [0.25, 0.3) is 11.1 Å². The van der Waals surface area contributed by atoms with Crippen LogP contribution in [0.4, 0.5) is 0 Å². The van der Waals surface area contributed by atoms with Gasteiger partial charge in [-0.15, -0.1) is 0 Å². The monoisotopic (exact) mass is 468 g/mol. The SMILES string of the molecule is CCOC(=O)C(C)CC(Cc1ccc(-c2ccccc2)cc1)NC(=O)CCC(=O)O.N.[KH]. The Labute approximate surface area is 232 Å². The van der Waals surface area contributed by atoms with Gasteiger partial charge in [0, 0.05) is 12.5 Å². The first kappa shape index (κ1) is 30.4. The van der Waals surface area contributed by atoms with E-state index in [0.717, 1.165) is 16.7 Å². The van der Waals surface area contributed by atoms with Crippen molar-refractivity contribution in [1.82, 2.24) is 11.5 Å². The van der Waals surface area contributed by atoms with E-state index in [0.29, 0.717) is 19.4 Å². The topological polar surface area (TPSA) is 128 Å². The molecular formula is C24H33KN2O5. The molecule has 0 saturated carbocycles. The number of benzene rings is 2. The molecule has 2 aromatic rings. The number of esters is 1. The molecule has 1 amide bonds. The van der Waals surface area contributed by atoms with Crippen LogP contribution in [0.15, 0.2) is 54.6 Å². The van der Waals surface area contributed by atoms with Gasteiger partial charge in [-0.05, 0) is 36.5 Å². The van der Waals surface area contributed by atoms with Gasteiger partial charge in [0.25, 0.3) is 0 Å². The molecule has 0 fully saturated rings. The number of carbonyl (C=O) groups is 3. The standard InChI is InChI=1S/C24H29NO5.K.H3N.H/c1-3-30-24(29)17(2)15-21(25-22(26)13-14-23(27)28)16-18-9-11-20(12-10-18)19-7-5-4-6-8-19;;;/h4-12,17,21H,3,13-16H2,1-2H3,(H,25,26)(H,27,28);;1H3;. The molecule has 32 heavy (non-hydrogen) atoms. The Morgan fingerprint density at radius 2 is 1.56 bits per heavy atom. The predicted octanol–water partition coefficient (Wildman–Crippen LogP) is 3.35. The predicted molar refractivity (Wildman–Crippen MR) is 127 cm³/mol. The Hall–Kier alpha value is -1.55. The fourth-order valence-electron chi connectivity index (χ4n) is 3.27. The van der Waals surface area contributed by atoms with E-state index < -0.39 is 5.97 Å². The van der Waals surface area contributed by atoms with Crippen LogP contribution in [0.1, 0.15) is 38.7 Å². The first-order valence-corrected chi connectivity index (χ1v) is 10.2. The van der Waals surface area contributed by atoms with Crippen LogP contribution >= 0.6 is 0 Å². The third kappa shape index (κ3) is 10.8. The summed E-state index contributed by atoms with van der Waals surface area (Å²) in [4.78, 5) is 34.9. The van der Waals surface area contributed by atoms with Crippen molar-refractivity contribution in [1.29, 1.82) is 0 Å². The quantitative estimate of drug-likeness (QED) is 0.343. The average molecular weight is 469 g/mol. The van der Waals surface area contributed by atoms with Crippen molar-refractivity contribution in [3.63, 3.8) is 0 Å². The molecule has 0 bridgehead atoms. The van der Waals surface area contributed by atoms with Crippen molar-refractivity contribution in [2.75, 3.05) is 6.61 Å². The number of amides is 1. The van der Waals surface area contributed by atoms with Crippen molar-refractivity contribution in [3.05, 3.63) is 60.2 Å². The molecule has 2 aromatic carbocycles. The summed E-state index contributed by atoms with van der Waals surface area (Å²) in [6, 6.07) is 17.8. The van der Waals surface area contributed by atoms with Crippen molar-refractivity contribution in [3.8, 4) is 11.1 Å². The van der Waals surface area contributed by atoms with Crippen LogP contribution in [0.5, 0.6) is 0 Å². The van der Waals surface area contributed by atoms with Gasteiger partial charge in [0.2, 0.25) is 5.91 Å². The van der Waals surface area contributed by atoms with Crippen LogP contribution in [-0.2, 0) is 25.5 Å². The summed E-state index contributed by atoms with van der Waals surface area (Å²) in [6.45, 7) is 3.83. The second kappa shape index (κ2) is 16.1. The van der Waals surface area contributed by atoms with Crippen molar-refractivity contribution < 1.29 is 24.2 Å². The maximum absolute atomic E-state index is 12.2. The fourth-order valence-corrected chi connectivity index (χ4v) is 3.27. The third-order valence-electron chi connectivity index (χ3n) is 4.80. The van der Waals surface area contributed by atoms with Crippen LogP contribution in [0, 0.1) is 5.92 Å². The van der Waals surface area contributed by atoms with Crippen molar-refractivity contribution in [2.24, 2.45) is 5.92 Å². The Balaban J connectivity index is 0.00000480. The molecular weight excluding hydrogens is 435 g/mol. The third-order valence-corrected chi connectivity index (χ3v) is 4.80. The van der Waals surface area contributed by atoms with Gasteiger partial charge in [-0.1, -0.05) is 61.5 Å². The molecule has 0 spiro atoms. The molecule has 0 aliphatic heterocycles. The first-order chi connectivity index (χ1) is 14.4. The van der Waals surface area contributed by atoms with Gasteiger partial charge in [0.15, 0.2) is 0 Å². The van der Waals surface area contributed by atoms with Gasteiger partial charge >= 0.3 is 63.3 Å². The molecule has 5 N–H and O–H groups in total. The molecule has 0 heterocycles. The van der Waals surface area contributed by atoms with Gasteiger partial charge in [-0.25, -0.2) is 0 Å². The first-order valence-electron chi connectivity index (χ1n) is 10.2. The summed E-state index contributed by atoms with van der Waals surface area (Å²) in [6.07, 6.45) is 0.639. The Bertz CT molecular complexity index is 843. The molecule has 8 heteroatoms. The molecule has 170 valence electrons. The number of hydrogen-bond donors (Lipinski definition) is 3. The van der Waals surface area contributed by atoms with E-state index in [9.17, 15) is 14.4 Å². The minimum atomic E-state index is -1.02. The molecule has 0 aliphatic rings. The van der Waals surface area contributed by atoms with Gasteiger partial charge < -0.3 is 21.3 Å². The maximum atomic E-state index is 12.2. The Morgan fingerprint density at radius 3 is 2.12 bits per heavy atom. The zero-order valence-corrected chi connectivity index (χ0v) is 18.2. The van der Waals surface area contributed by atoms with E-state index in [4.69, 9.17) is 9.84 Å². The summed E-state index contributed by atoms with van der Waals surface area (Å²) in [5, 5.41) is 11.7. The zero-order chi connectivity index (χ0) is 21.9. The number of hydrogen-bond acceptors (Lipinski definition) is 5. The minimum absolute atomic E-state index is 0. The second-order valence-corrected chi connectivity index (χ2v) is 7.31.